The van der Waals surface area contributed by atoms with Gasteiger partial charge in [-0.15, -0.1) is 0 Å². The van der Waals surface area contributed by atoms with Gasteiger partial charge in [-0.25, -0.2) is 0 Å². The Morgan fingerprint density at radius 2 is 2.08 bits per heavy atom. The van der Waals surface area contributed by atoms with E-state index in [4.69, 9.17) is 23.1 Å². The van der Waals surface area contributed by atoms with Crippen molar-refractivity contribution in [3.05, 3.63) is 28.8 Å². The van der Waals surface area contributed by atoms with Gasteiger partial charge in [0, 0.05) is 6.04 Å². The van der Waals surface area contributed by atoms with Crippen LogP contribution in [0.4, 0.5) is 5.69 Å². The summed E-state index contributed by atoms with van der Waals surface area (Å²) in [5.41, 5.74) is 13.3. The normalized spacial score (nSPS) is 18.6. The third kappa shape index (κ3) is 1.79. The Morgan fingerprint density at radius 3 is 2.62 bits per heavy atom. The maximum atomic E-state index is 6.02. The smallest absolute Gasteiger partial charge is 0.0638 e. The van der Waals surface area contributed by atoms with Crippen LogP contribution in [0.2, 0.25) is 5.02 Å². The number of nitrogen functional groups attached to an aromatic ring is 1. The van der Waals surface area contributed by atoms with Gasteiger partial charge in [0.25, 0.3) is 0 Å². The lowest BCUT2D eigenvalue weighted by Gasteiger charge is -2.11. The minimum Gasteiger partial charge on any atom is -0.398 e. The van der Waals surface area contributed by atoms with Gasteiger partial charge in [0.1, 0.15) is 0 Å². The van der Waals surface area contributed by atoms with E-state index < -0.39 is 0 Å². The van der Waals surface area contributed by atoms with Gasteiger partial charge in [-0.1, -0.05) is 17.7 Å². The van der Waals surface area contributed by atoms with Crippen molar-refractivity contribution in [2.24, 2.45) is 11.7 Å². The number of nitrogens with two attached hydrogens (primary N) is 2. The zero-order valence-electron chi connectivity index (χ0n) is 7.33. The van der Waals surface area contributed by atoms with Gasteiger partial charge < -0.3 is 11.5 Å². The molecule has 0 amide bonds. The first-order chi connectivity index (χ1) is 6.18. The maximum Gasteiger partial charge on any atom is 0.0638 e. The molecule has 0 unspecified atom stereocenters. The van der Waals surface area contributed by atoms with Gasteiger partial charge >= 0.3 is 0 Å². The van der Waals surface area contributed by atoms with Gasteiger partial charge in [0.05, 0.1) is 10.7 Å². The molecule has 4 N–H and O–H groups in total. The molecule has 0 bridgehead atoms. The summed E-state index contributed by atoms with van der Waals surface area (Å²) >= 11 is 5.90. The number of benzene rings is 1. The van der Waals surface area contributed by atoms with Crippen LogP contribution in [-0.2, 0) is 0 Å². The second kappa shape index (κ2) is 3.20. The fraction of sp³-hybridized carbons (Fsp3) is 0.400. The molecule has 1 atom stereocenters. The van der Waals surface area contributed by atoms with Crippen LogP contribution in [0, 0.1) is 5.92 Å². The Labute approximate surface area is 82.9 Å². The van der Waals surface area contributed by atoms with Crippen LogP contribution in [0.5, 0.6) is 0 Å². The lowest BCUT2D eigenvalue weighted by Crippen LogP contribution is -2.12. The molecule has 1 aliphatic rings. The molecule has 13 heavy (non-hydrogen) atoms. The Hall–Kier alpha value is -0.730. The largest absolute Gasteiger partial charge is 0.398 e. The number of rotatable bonds is 2. The summed E-state index contributed by atoms with van der Waals surface area (Å²) in [6, 6.07) is 5.79. The molecule has 70 valence electrons. The van der Waals surface area contributed by atoms with Gasteiger partial charge in [0.2, 0.25) is 0 Å². The summed E-state index contributed by atoms with van der Waals surface area (Å²) in [4.78, 5) is 0. The first kappa shape index (κ1) is 8.85. The molecule has 0 spiro atoms. The average molecular weight is 197 g/mol. The summed E-state index contributed by atoms with van der Waals surface area (Å²) in [7, 11) is 0. The fourth-order valence-electron chi connectivity index (χ4n) is 1.48. The Kier molecular flexibility index (Phi) is 2.18. The van der Waals surface area contributed by atoms with Gasteiger partial charge in [-0.3, -0.25) is 0 Å². The molecule has 2 rings (SSSR count). The number of anilines is 1. The van der Waals surface area contributed by atoms with Crippen molar-refractivity contribution in [1.82, 2.24) is 0 Å². The van der Waals surface area contributed by atoms with Crippen LogP contribution >= 0.6 is 11.6 Å². The molecular weight excluding hydrogens is 184 g/mol. The van der Waals surface area contributed by atoms with E-state index in [2.05, 4.69) is 0 Å². The molecule has 0 saturated heterocycles. The van der Waals surface area contributed by atoms with E-state index in [0.29, 0.717) is 16.6 Å². The van der Waals surface area contributed by atoms with E-state index in [-0.39, 0.29) is 6.04 Å². The number of hydrogen-bond acceptors (Lipinski definition) is 2. The highest BCUT2D eigenvalue weighted by molar-refractivity contribution is 6.33. The minimum absolute atomic E-state index is 0.137. The molecule has 0 heterocycles. The van der Waals surface area contributed by atoms with Gasteiger partial charge in [0.15, 0.2) is 0 Å². The van der Waals surface area contributed by atoms with Crippen LogP contribution in [0.15, 0.2) is 18.2 Å². The first-order valence-electron chi connectivity index (χ1n) is 4.49. The van der Waals surface area contributed by atoms with Crippen LogP contribution in [0.1, 0.15) is 24.4 Å². The van der Waals surface area contributed by atoms with Crippen molar-refractivity contribution >= 4 is 17.3 Å². The van der Waals surface area contributed by atoms with Crippen molar-refractivity contribution in [1.29, 1.82) is 0 Å². The molecule has 3 heteroatoms. The second-order valence-corrected chi connectivity index (χ2v) is 4.05. The Bertz CT molecular complexity index is 321. The van der Waals surface area contributed by atoms with Gasteiger partial charge in [-0.2, -0.15) is 0 Å². The molecule has 0 aromatic heterocycles. The summed E-state index contributed by atoms with van der Waals surface area (Å²) < 4.78 is 0. The summed E-state index contributed by atoms with van der Waals surface area (Å²) in [5, 5.41) is 0.605. The van der Waals surface area contributed by atoms with Crippen LogP contribution < -0.4 is 11.5 Å². The second-order valence-electron chi connectivity index (χ2n) is 3.64. The summed E-state index contributed by atoms with van der Waals surface area (Å²) in [6.45, 7) is 0. The first-order valence-corrected chi connectivity index (χ1v) is 4.87. The van der Waals surface area contributed by atoms with E-state index in [9.17, 15) is 0 Å². The topological polar surface area (TPSA) is 52.0 Å². The molecule has 1 aromatic carbocycles. The number of hydrogen-bond donors (Lipinski definition) is 2. The SMILES string of the molecule is Nc1ccc([C@H](N)C2CC2)cc1Cl. The highest BCUT2D eigenvalue weighted by Crippen LogP contribution is 2.40. The van der Waals surface area contributed by atoms with Crippen LogP contribution in [-0.4, -0.2) is 0 Å². The quantitative estimate of drug-likeness (QED) is 0.714. The monoisotopic (exact) mass is 196 g/mol. The average Bonchev–Trinajstić information content (AvgIpc) is 2.91. The summed E-state index contributed by atoms with van der Waals surface area (Å²) in [5.74, 6) is 0.652. The number of halogens is 1. The van der Waals surface area contributed by atoms with E-state index in [1.165, 1.54) is 12.8 Å². The molecule has 1 fully saturated rings. The third-order valence-electron chi connectivity index (χ3n) is 2.54. The molecule has 0 radical (unpaired) electrons. The minimum atomic E-state index is 0.137. The molecular formula is C10H13ClN2. The molecule has 0 aliphatic heterocycles. The fourth-order valence-corrected chi connectivity index (χ4v) is 1.67. The highest BCUT2D eigenvalue weighted by atomic mass is 35.5. The Morgan fingerprint density at radius 1 is 1.38 bits per heavy atom. The standard InChI is InChI=1S/C10H13ClN2/c11-8-5-7(3-4-9(8)12)10(13)6-1-2-6/h3-6,10H,1-2,12-13H2/t10-/m1/s1. The van der Waals surface area contributed by atoms with Crippen molar-refractivity contribution < 1.29 is 0 Å². The van der Waals surface area contributed by atoms with Crippen LogP contribution in [0.25, 0.3) is 0 Å². The van der Waals surface area contributed by atoms with Crippen molar-refractivity contribution in [2.75, 3.05) is 5.73 Å². The molecule has 1 aromatic rings. The van der Waals surface area contributed by atoms with Crippen molar-refractivity contribution in [3.8, 4) is 0 Å². The maximum absolute atomic E-state index is 6.02. The lowest BCUT2D eigenvalue weighted by atomic mass is 10.0. The van der Waals surface area contributed by atoms with E-state index in [1.54, 1.807) is 0 Å². The highest BCUT2D eigenvalue weighted by Gasteiger charge is 2.29. The Balaban J connectivity index is 2.24. The van der Waals surface area contributed by atoms with E-state index >= 15 is 0 Å². The third-order valence-corrected chi connectivity index (χ3v) is 2.87. The predicted molar refractivity (Wildman–Crippen MR) is 55.5 cm³/mol. The molecule has 1 aliphatic carbocycles. The molecule has 2 nitrogen and oxygen atoms in total. The van der Waals surface area contributed by atoms with E-state index in [1.807, 2.05) is 18.2 Å². The zero-order valence-corrected chi connectivity index (χ0v) is 8.09. The lowest BCUT2D eigenvalue weighted by molar-refractivity contribution is 0.633. The van der Waals surface area contributed by atoms with Crippen LogP contribution in [0.3, 0.4) is 0 Å². The van der Waals surface area contributed by atoms with Crippen molar-refractivity contribution in [3.63, 3.8) is 0 Å². The predicted octanol–water partition coefficient (Wildman–Crippen LogP) is 2.33. The zero-order chi connectivity index (χ0) is 9.42. The molecule has 1 saturated carbocycles. The van der Waals surface area contributed by atoms with Gasteiger partial charge in [-0.05, 0) is 36.5 Å². The van der Waals surface area contributed by atoms with E-state index in [0.717, 1.165) is 5.56 Å². The summed E-state index contributed by atoms with van der Waals surface area (Å²) in [6.07, 6.45) is 2.48. The van der Waals surface area contributed by atoms with Crippen molar-refractivity contribution in [2.45, 2.75) is 18.9 Å².